The minimum absolute atomic E-state index is 0.0813. The predicted molar refractivity (Wildman–Crippen MR) is 107 cm³/mol. The molecule has 3 rings (SSSR count). The van der Waals surface area contributed by atoms with Crippen LogP contribution < -0.4 is 10.0 Å². The molecule has 0 bridgehead atoms. The van der Waals surface area contributed by atoms with Crippen LogP contribution in [-0.2, 0) is 27.1 Å². The SMILES string of the molecule is CNS(=O)(=O)Cc1ccc(CNC(=O)/C=C/c2c(Cl)nc3sccn23)cc1. The van der Waals surface area contributed by atoms with Crippen molar-refractivity contribution in [1.29, 1.82) is 0 Å². The van der Waals surface area contributed by atoms with E-state index in [1.54, 1.807) is 30.3 Å². The second-order valence-electron chi connectivity index (χ2n) is 5.67. The Kier molecular flexibility index (Phi) is 5.95. The van der Waals surface area contributed by atoms with Gasteiger partial charge in [0.2, 0.25) is 15.9 Å². The summed E-state index contributed by atoms with van der Waals surface area (Å²) in [6, 6.07) is 7.03. The Bertz CT molecular complexity index is 1090. The first-order valence-electron chi connectivity index (χ1n) is 7.94. The number of benzene rings is 1. The summed E-state index contributed by atoms with van der Waals surface area (Å²) in [5.41, 5.74) is 2.19. The number of aromatic nitrogens is 2. The van der Waals surface area contributed by atoms with Crippen LogP contribution in [0.4, 0.5) is 0 Å². The minimum Gasteiger partial charge on any atom is -0.348 e. The molecule has 10 heteroatoms. The van der Waals surface area contributed by atoms with E-state index in [0.29, 0.717) is 23.0 Å². The van der Waals surface area contributed by atoms with Crippen molar-refractivity contribution in [3.8, 4) is 0 Å². The van der Waals surface area contributed by atoms with E-state index >= 15 is 0 Å². The molecule has 0 fully saturated rings. The Morgan fingerprint density at radius 2 is 2.00 bits per heavy atom. The fourth-order valence-corrected chi connectivity index (χ4v) is 4.15. The lowest BCUT2D eigenvalue weighted by atomic mass is 10.1. The lowest BCUT2D eigenvalue weighted by molar-refractivity contribution is -0.116. The Hall–Kier alpha value is -2.20. The molecule has 2 N–H and O–H groups in total. The molecule has 0 aliphatic carbocycles. The molecule has 0 unspecified atom stereocenters. The summed E-state index contributed by atoms with van der Waals surface area (Å²) >= 11 is 7.54. The average molecular weight is 425 g/mol. The fraction of sp³-hybridized carbons (Fsp3) is 0.176. The first-order valence-corrected chi connectivity index (χ1v) is 10.8. The van der Waals surface area contributed by atoms with Crippen LogP contribution in [0.5, 0.6) is 0 Å². The second kappa shape index (κ2) is 8.22. The van der Waals surface area contributed by atoms with Gasteiger partial charge < -0.3 is 5.32 Å². The van der Waals surface area contributed by atoms with E-state index in [4.69, 9.17) is 11.6 Å². The third-order valence-corrected chi connectivity index (χ3v) is 6.17. The van der Waals surface area contributed by atoms with Crippen molar-refractivity contribution in [3.05, 3.63) is 63.9 Å². The first-order chi connectivity index (χ1) is 12.9. The summed E-state index contributed by atoms with van der Waals surface area (Å²) < 4.78 is 27.2. The van der Waals surface area contributed by atoms with E-state index in [0.717, 1.165) is 10.5 Å². The molecule has 0 spiro atoms. The number of nitrogens with one attached hydrogen (secondary N) is 2. The second-order valence-corrected chi connectivity index (χ2v) is 8.83. The molecule has 0 saturated carbocycles. The van der Waals surface area contributed by atoms with Gasteiger partial charge in [-0.15, -0.1) is 11.3 Å². The van der Waals surface area contributed by atoms with E-state index in [9.17, 15) is 13.2 Å². The number of carbonyl (C=O) groups is 1. The zero-order valence-electron chi connectivity index (χ0n) is 14.3. The summed E-state index contributed by atoms with van der Waals surface area (Å²) in [6.07, 6.45) is 4.86. The van der Waals surface area contributed by atoms with E-state index in [1.165, 1.54) is 24.5 Å². The van der Waals surface area contributed by atoms with Crippen molar-refractivity contribution in [2.24, 2.45) is 0 Å². The van der Waals surface area contributed by atoms with Gasteiger partial charge in [0.1, 0.15) is 0 Å². The molecule has 0 aliphatic heterocycles. The number of fused-ring (bicyclic) bond motifs is 1. The summed E-state index contributed by atoms with van der Waals surface area (Å²) in [7, 11) is -1.92. The van der Waals surface area contributed by atoms with Crippen LogP contribution >= 0.6 is 22.9 Å². The molecule has 2 heterocycles. The maximum atomic E-state index is 12.0. The first kappa shape index (κ1) is 19.6. The van der Waals surface area contributed by atoms with Gasteiger partial charge in [-0.2, -0.15) is 0 Å². The number of rotatable bonds is 7. The molecule has 1 amide bonds. The summed E-state index contributed by atoms with van der Waals surface area (Å²) in [4.78, 5) is 17.0. The van der Waals surface area contributed by atoms with Crippen LogP contribution in [0.2, 0.25) is 5.15 Å². The largest absolute Gasteiger partial charge is 0.348 e. The van der Waals surface area contributed by atoms with Gasteiger partial charge in [0, 0.05) is 24.2 Å². The molecule has 0 atom stereocenters. The number of nitrogens with zero attached hydrogens (tertiary/aromatic N) is 2. The maximum Gasteiger partial charge on any atom is 0.244 e. The van der Waals surface area contributed by atoms with Gasteiger partial charge in [-0.1, -0.05) is 35.9 Å². The van der Waals surface area contributed by atoms with Gasteiger partial charge >= 0.3 is 0 Å². The zero-order valence-corrected chi connectivity index (χ0v) is 16.7. The Morgan fingerprint density at radius 1 is 1.30 bits per heavy atom. The molecule has 1 aromatic carbocycles. The van der Waals surface area contributed by atoms with Crippen molar-refractivity contribution in [1.82, 2.24) is 19.4 Å². The van der Waals surface area contributed by atoms with Crippen LogP contribution in [0, 0.1) is 0 Å². The van der Waals surface area contributed by atoms with Gasteiger partial charge in [0.25, 0.3) is 0 Å². The van der Waals surface area contributed by atoms with Crippen molar-refractivity contribution in [2.45, 2.75) is 12.3 Å². The molecule has 27 heavy (non-hydrogen) atoms. The number of amides is 1. The number of carbonyl (C=O) groups excluding carboxylic acids is 1. The highest BCUT2D eigenvalue weighted by atomic mass is 35.5. The highest BCUT2D eigenvalue weighted by Crippen LogP contribution is 2.22. The van der Waals surface area contributed by atoms with Crippen LogP contribution in [0.3, 0.4) is 0 Å². The average Bonchev–Trinajstić information content (AvgIpc) is 3.20. The van der Waals surface area contributed by atoms with Crippen molar-refractivity contribution in [3.63, 3.8) is 0 Å². The van der Waals surface area contributed by atoms with Crippen LogP contribution in [0.15, 0.2) is 41.9 Å². The van der Waals surface area contributed by atoms with E-state index in [1.807, 2.05) is 16.0 Å². The number of halogens is 1. The normalized spacial score (nSPS) is 12.1. The number of thiazole rings is 1. The summed E-state index contributed by atoms with van der Waals surface area (Å²) in [5, 5.41) is 5.01. The predicted octanol–water partition coefficient (Wildman–Crippen LogP) is 2.43. The highest BCUT2D eigenvalue weighted by Gasteiger charge is 2.09. The Labute approximate surface area is 165 Å². The lowest BCUT2D eigenvalue weighted by Gasteiger charge is -2.05. The lowest BCUT2D eigenvalue weighted by Crippen LogP contribution is -2.21. The fourth-order valence-electron chi connectivity index (χ4n) is 2.37. The third kappa shape index (κ3) is 4.95. The van der Waals surface area contributed by atoms with Gasteiger partial charge in [-0.3, -0.25) is 9.20 Å². The molecule has 0 saturated heterocycles. The quantitative estimate of drug-likeness (QED) is 0.570. The third-order valence-electron chi connectivity index (χ3n) is 3.80. The maximum absolute atomic E-state index is 12.0. The molecule has 142 valence electrons. The van der Waals surface area contributed by atoms with E-state index < -0.39 is 10.0 Å². The molecule has 3 aromatic rings. The highest BCUT2D eigenvalue weighted by molar-refractivity contribution is 7.88. The molecule has 0 aliphatic rings. The van der Waals surface area contributed by atoms with Crippen molar-refractivity contribution >= 4 is 49.9 Å². The standard InChI is InChI=1S/C17H17ClN4O3S2/c1-19-27(24,25)11-13-4-2-12(3-5-13)10-20-15(23)7-6-14-16(18)21-17-22(14)8-9-26-17/h2-9,19H,10-11H2,1H3,(H,20,23)/b7-6+. The molecular weight excluding hydrogens is 408 g/mol. The molecular formula is C17H17ClN4O3S2. The molecule has 2 aromatic heterocycles. The molecule has 0 radical (unpaired) electrons. The van der Waals surface area contributed by atoms with Crippen LogP contribution in [0.25, 0.3) is 11.0 Å². The monoisotopic (exact) mass is 424 g/mol. The number of hydrogen-bond acceptors (Lipinski definition) is 5. The van der Waals surface area contributed by atoms with E-state index in [-0.39, 0.29) is 11.7 Å². The Morgan fingerprint density at radius 3 is 2.70 bits per heavy atom. The summed E-state index contributed by atoms with van der Waals surface area (Å²) in [5.74, 6) is -0.347. The van der Waals surface area contributed by atoms with Crippen LogP contribution in [-0.4, -0.2) is 30.8 Å². The number of hydrogen-bond donors (Lipinski definition) is 2. The zero-order chi connectivity index (χ0) is 19.4. The topological polar surface area (TPSA) is 92.6 Å². The van der Waals surface area contributed by atoms with Gasteiger partial charge in [0.05, 0.1) is 11.4 Å². The van der Waals surface area contributed by atoms with E-state index in [2.05, 4.69) is 15.0 Å². The van der Waals surface area contributed by atoms with Crippen molar-refractivity contribution < 1.29 is 13.2 Å². The van der Waals surface area contributed by atoms with Crippen molar-refractivity contribution in [2.75, 3.05) is 7.05 Å². The summed E-state index contributed by atoms with van der Waals surface area (Å²) in [6.45, 7) is 0.330. The van der Waals surface area contributed by atoms with Gasteiger partial charge in [0.15, 0.2) is 10.1 Å². The van der Waals surface area contributed by atoms with Crippen LogP contribution in [0.1, 0.15) is 16.8 Å². The van der Waals surface area contributed by atoms with Gasteiger partial charge in [-0.05, 0) is 24.3 Å². The Balaban J connectivity index is 1.57. The minimum atomic E-state index is -3.30. The number of sulfonamides is 1. The molecule has 7 nitrogen and oxygen atoms in total. The smallest absolute Gasteiger partial charge is 0.244 e. The number of imidazole rings is 1. The van der Waals surface area contributed by atoms with Gasteiger partial charge in [-0.25, -0.2) is 18.1 Å².